The maximum Gasteiger partial charge on any atom is 0.415 e. The van der Waals surface area contributed by atoms with Crippen LogP contribution in [0.25, 0.3) is 0 Å². The first kappa shape index (κ1) is 23.3. The molecule has 0 unspecified atom stereocenters. The van der Waals surface area contributed by atoms with E-state index in [2.05, 4.69) is 13.2 Å². The van der Waals surface area contributed by atoms with E-state index in [0.29, 0.717) is 11.4 Å². The summed E-state index contributed by atoms with van der Waals surface area (Å²) >= 11 is 0. The number of anilines is 2. The second-order valence-electron chi connectivity index (χ2n) is 8.25. The Labute approximate surface area is 168 Å². The lowest BCUT2D eigenvalue weighted by Gasteiger charge is -2.32. The zero-order valence-corrected chi connectivity index (χ0v) is 17.8. The highest BCUT2D eigenvalue weighted by atomic mass is 16.6. The number of amides is 2. The van der Waals surface area contributed by atoms with Gasteiger partial charge in [-0.3, -0.25) is 9.80 Å². The average molecular weight is 389 g/mol. The molecular weight excluding hydrogens is 356 g/mol. The first-order chi connectivity index (χ1) is 12.9. The molecule has 0 atom stereocenters. The molecule has 6 nitrogen and oxygen atoms in total. The van der Waals surface area contributed by atoms with Gasteiger partial charge in [0.05, 0.1) is 11.4 Å². The molecule has 0 bridgehead atoms. The Morgan fingerprint density at radius 1 is 0.821 bits per heavy atom. The molecule has 1 rings (SSSR count). The highest BCUT2D eigenvalue weighted by Crippen LogP contribution is 2.31. The molecule has 0 fully saturated rings. The third-order valence-corrected chi connectivity index (χ3v) is 3.31. The summed E-state index contributed by atoms with van der Waals surface area (Å²) in [5, 5.41) is 0. The lowest BCUT2D eigenvalue weighted by atomic mass is 10.2. The largest absolute Gasteiger partial charge is 0.443 e. The summed E-state index contributed by atoms with van der Waals surface area (Å²) < 4.78 is 11.1. The van der Waals surface area contributed by atoms with E-state index in [1.807, 2.05) is 0 Å². The van der Waals surface area contributed by atoms with Gasteiger partial charge in [0.25, 0.3) is 0 Å². The van der Waals surface area contributed by atoms with Gasteiger partial charge in [-0.15, -0.1) is 13.2 Å². The van der Waals surface area contributed by atoms with Crippen molar-refractivity contribution in [1.29, 1.82) is 0 Å². The predicted molar refractivity (Wildman–Crippen MR) is 114 cm³/mol. The molecule has 0 aliphatic rings. The Kier molecular flexibility index (Phi) is 7.85. The second kappa shape index (κ2) is 9.44. The van der Waals surface area contributed by atoms with Crippen LogP contribution in [0.15, 0.2) is 49.6 Å². The smallest absolute Gasteiger partial charge is 0.415 e. The Balaban J connectivity index is 3.39. The van der Waals surface area contributed by atoms with Crippen LogP contribution in [0.4, 0.5) is 21.0 Å². The van der Waals surface area contributed by atoms with Crippen LogP contribution in [0.2, 0.25) is 0 Å². The highest BCUT2D eigenvalue weighted by molar-refractivity contribution is 5.98. The van der Waals surface area contributed by atoms with Crippen LogP contribution < -0.4 is 9.80 Å². The SMILES string of the molecule is C=CCN(C(=O)OC(C)(C)C)c1ccccc1N(CC=C)C(=O)OC(C)(C)C. The van der Waals surface area contributed by atoms with Crippen molar-refractivity contribution in [2.45, 2.75) is 52.7 Å². The summed E-state index contributed by atoms with van der Waals surface area (Å²) in [4.78, 5) is 28.4. The minimum atomic E-state index is -0.655. The van der Waals surface area contributed by atoms with Crippen molar-refractivity contribution < 1.29 is 19.1 Å². The van der Waals surface area contributed by atoms with Crippen molar-refractivity contribution in [2.75, 3.05) is 22.9 Å². The van der Waals surface area contributed by atoms with Gasteiger partial charge < -0.3 is 9.47 Å². The summed E-state index contributed by atoms with van der Waals surface area (Å²) in [7, 11) is 0. The van der Waals surface area contributed by atoms with Crippen molar-refractivity contribution in [3.05, 3.63) is 49.6 Å². The van der Waals surface area contributed by atoms with E-state index in [1.54, 1.807) is 78.0 Å². The van der Waals surface area contributed by atoms with Crippen LogP contribution in [-0.2, 0) is 9.47 Å². The van der Waals surface area contributed by atoms with Crippen molar-refractivity contribution >= 4 is 23.6 Å². The molecule has 0 aromatic heterocycles. The zero-order chi connectivity index (χ0) is 21.5. The zero-order valence-electron chi connectivity index (χ0n) is 17.8. The number of hydrogen-bond donors (Lipinski definition) is 0. The minimum absolute atomic E-state index is 0.224. The minimum Gasteiger partial charge on any atom is -0.443 e. The van der Waals surface area contributed by atoms with Crippen molar-refractivity contribution in [1.82, 2.24) is 0 Å². The number of para-hydroxylation sites is 2. The molecule has 6 heteroatoms. The van der Waals surface area contributed by atoms with Gasteiger partial charge in [0, 0.05) is 13.1 Å². The number of nitrogens with zero attached hydrogens (tertiary/aromatic N) is 2. The van der Waals surface area contributed by atoms with Gasteiger partial charge in [0.1, 0.15) is 11.2 Å². The Morgan fingerprint density at radius 2 is 1.14 bits per heavy atom. The van der Waals surface area contributed by atoms with Gasteiger partial charge >= 0.3 is 12.2 Å². The predicted octanol–water partition coefficient (Wildman–Crippen LogP) is 5.54. The molecule has 0 saturated heterocycles. The van der Waals surface area contributed by atoms with E-state index in [0.717, 1.165) is 0 Å². The van der Waals surface area contributed by atoms with Gasteiger partial charge in [0.15, 0.2) is 0 Å². The van der Waals surface area contributed by atoms with E-state index < -0.39 is 23.4 Å². The molecule has 0 aliphatic carbocycles. The molecule has 0 heterocycles. The van der Waals surface area contributed by atoms with E-state index in [1.165, 1.54) is 9.80 Å². The number of hydrogen-bond acceptors (Lipinski definition) is 4. The molecule has 1 aromatic carbocycles. The molecular formula is C22H32N2O4. The summed E-state index contributed by atoms with van der Waals surface area (Å²) in [6.45, 7) is 18.7. The molecule has 2 amide bonds. The summed E-state index contributed by atoms with van der Waals surface area (Å²) in [6, 6.07) is 7.09. The van der Waals surface area contributed by atoms with Crippen LogP contribution >= 0.6 is 0 Å². The fourth-order valence-corrected chi connectivity index (χ4v) is 2.36. The molecule has 28 heavy (non-hydrogen) atoms. The molecule has 0 N–H and O–H groups in total. The third-order valence-electron chi connectivity index (χ3n) is 3.31. The van der Waals surface area contributed by atoms with E-state index in [4.69, 9.17) is 9.47 Å². The number of benzene rings is 1. The van der Waals surface area contributed by atoms with Crippen molar-refractivity contribution in [2.24, 2.45) is 0 Å². The van der Waals surface area contributed by atoms with Crippen LogP contribution in [0.3, 0.4) is 0 Å². The molecule has 0 spiro atoms. The maximum atomic E-state index is 12.8. The van der Waals surface area contributed by atoms with E-state index in [-0.39, 0.29) is 13.1 Å². The Morgan fingerprint density at radius 3 is 1.39 bits per heavy atom. The standard InChI is InChI=1S/C22H32N2O4/c1-9-15-23(19(25)27-21(3,4)5)17-13-11-12-14-18(17)24(16-10-2)20(26)28-22(6,7)8/h9-14H,1-2,15-16H2,3-8H3. The molecule has 1 aromatic rings. The first-order valence-corrected chi connectivity index (χ1v) is 9.21. The maximum absolute atomic E-state index is 12.8. The number of carbonyl (C=O) groups excluding carboxylic acids is 2. The van der Waals surface area contributed by atoms with Gasteiger partial charge in [-0.25, -0.2) is 9.59 Å². The average Bonchev–Trinajstić information content (AvgIpc) is 2.54. The van der Waals surface area contributed by atoms with Crippen LogP contribution in [0, 0.1) is 0 Å². The summed E-state index contributed by atoms with van der Waals surface area (Å²) in [5.74, 6) is 0. The highest BCUT2D eigenvalue weighted by Gasteiger charge is 2.29. The van der Waals surface area contributed by atoms with Gasteiger partial charge in [-0.1, -0.05) is 24.3 Å². The lowest BCUT2D eigenvalue weighted by Crippen LogP contribution is -2.40. The lowest BCUT2D eigenvalue weighted by molar-refractivity contribution is 0.0567. The normalized spacial score (nSPS) is 11.4. The molecule has 0 radical (unpaired) electrons. The summed E-state index contributed by atoms with van der Waals surface area (Å²) in [5.41, 5.74) is -0.275. The van der Waals surface area contributed by atoms with Crippen LogP contribution in [0.5, 0.6) is 0 Å². The number of carbonyl (C=O) groups is 2. The quantitative estimate of drug-likeness (QED) is 0.600. The molecule has 154 valence electrons. The van der Waals surface area contributed by atoms with Crippen molar-refractivity contribution in [3.63, 3.8) is 0 Å². The van der Waals surface area contributed by atoms with E-state index in [9.17, 15) is 9.59 Å². The third kappa shape index (κ3) is 7.10. The number of ether oxygens (including phenoxy) is 2. The van der Waals surface area contributed by atoms with E-state index >= 15 is 0 Å². The van der Waals surface area contributed by atoms with Gasteiger partial charge in [0.2, 0.25) is 0 Å². The van der Waals surface area contributed by atoms with Crippen LogP contribution in [-0.4, -0.2) is 36.5 Å². The fraction of sp³-hybridized carbons (Fsp3) is 0.455. The first-order valence-electron chi connectivity index (χ1n) is 9.21. The van der Waals surface area contributed by atoms with Gasteiger partial charge in [-0.2, -0.15) is 0 Å². The molecule has 0 saturated carbocycles. The topological polar surface area (TPSA) is 59.1 Å². The Bertz CT molecular complexity index is 653. The van der Waals surface area contributed by atoms with Crippen molar-refractivity contribution in [3.8, 4) is 0 Å². The fourth-order valence-electron chi connectivity index (χ4n) is 2.36. The second-order valence-corrected chi connectivity index (χ2v) is 8.25. The number of rotatable bonds is 6. The monoisotopic (exact) mass is 388 g/mol. The Hall–Kier alpha value is -2.76. The van der Waals surface area contributed by atoms with Gasteiger partial charge in [-0.05, 0) is 53.7 Å². The summed E-state index contributed by atoms with van der Waals surface area (Å²) in [6.07, 6.45) is 2.16. The van der Waals surface area contributed by atoms with Crippen LogP contribution in [0.1, 0.15) is 41.5 Å². The molecule has 0 aliphatic heterocycles.